The summed E-state index contributed by atoms with van der Waals surface area (Å²) in [6, 6.07) is 7.86. The highest BCUT2D eigenvalue weighted by molar-refractivity contribution is 7.80. The molecule has 0 nitrogen and oxygen atoms in total. The van der Waals surface area contributed by atoms with Crippen molar-refractivity contribution in [1.82, 2.24) is 0 Å². The van der Waals surface area contributed by atoms with Gasteiger partial charge in [0.1, 0.15) is 0 Å². The monoisotopic (exact) mass is 290 g/mol. The van der Waals surface area contributed by atoms with Crippen LogP contribution in [0.2, 0.25) is 0 Å². The van der Waals surface area contributed by atoms with E-state index in [1.165, 1.54) is 19.4 Å². The number of thiol groups is 1. The Morgan fingerprint density at radius 3 is 1.84 bits per heavy atom. The minimum absolute atomic E-state index is 0.118. The van der Waals surface area contributed by atoms with Crippen LogP contribution in [0.4, 0.5) is 13.2 Å². The molecule has 0 unspecified atom stereocenters. The minimum atomic E-state index is -4.14. The van der Waals surface area contributed by atoms with Gasteiger partial charge in [0.15, 0.2) is 0 Å². The summed E-state index contributed by atoms with van der Waals surface area (Å²) in [7, 11) is 0. The van der Waals surface area contributed by atoms with E-state index in [0.29, 0.717) is 6.42 Å². The lowest BCUT2D eigenvalue weighted by Gasteiger charge is -2.27. The summed E-state index contributed by atoms with van der Waals surface area (Å²) in [5.41, 5.74) is 0.553. The second kappa shape index (κ2) is 6.69. The van der Waals surface area contributed by atoms with E-state index in [1.807, 2.05) is 24.3 Å². The zero-order chi connectivity index (χ0) is 14.5. The van der Waals surface area contributed by atoms with Gasteiger partial charge in [0.2, 0.25) is 0 Å². The van der Waals surface area contributed by atoms with Crippen molar-refractivity contribution in [2.45, 2.75) is 45.7 Å². The van der Waals surface area contributed by atoms with Crippen molar-refractivity contribution in [3.8, 4) is 0 Å². The molecule has 108 valence electrons. The summed E-state index contributed by atoms with van der Waals surface area (Å²) in [6.45, 7) is 2.52. The van der Waals surface area contributed by atoms with Crippen molar-refractivity contribution in [2.24, 2.45) is 5.41 Å². The number of hydrogen-bond acceptors (Lipinski definition) is 1. The van der Waals surface area contributed by atoms with Gasteiger partial charge in [-0.2, -0.15) is 25.8 Å². The third kappa shape index (κ3) is 5.09. The molecule has 0 saturated heterocycles. The lowest BCUT2D eigenvalue weighted by molar-refractivity contribution is -0.213. The lowest BCUT2D eigenvalue weighted by atomic mass is 9.85. The predicted molar refractivity (Wildman–Crippen MR) is 76.8 cm³/mol. The van der Waals surface area contributed by atoms with Crippen LogP contribution in [0.15, 0.2) is 24.3 Å². The van der Waals surface area contributed by atoms with Crippen LogP contribution in [0, 0.1) is 5.41 Å². The van der Waals surface area contributed by atoms with Gasteiger partial charge in [-0.1, -0.05) is 38.1 Å². The lowest BCUT2D eigenvalue weighted by Crippen LogP contribution is -2.32. The van der Waals surface area contributed by atoms with Crippen LogP contribution in [-0.4, -0.2) is 11.9 Å². The molecule has 0 bridgehead atoms. The largest absolute Gasteiger partial charge is 0.393 e. The molecule has 0 atom stereocenters. The molecule has 1 aromatic rings. The summed E-state index contributed by atoms with van der Waals surface area (Å²) >= 11 is 4.16. The highest BCUT2D eigenvalue weighted by atomic mass is 32.1. The fourth-order valence-electron chi connectivity index (χ4n) is 1.75. The molecule has 0 saturated carbocycles. The van der Waals surface area contributed by atoms with Gasteiger partial charge < -0.3 is 0 Å². The Kier molecular flexibility index (Phi) is 5.78. The summed E-state index contributed by atoms with van der Waals surface area (Å²) in [5.74, 6) is 0.849. The first-order valence-corrected chi connectivity index (χ1v) is 7.15. The second-order valence-corrected chi connectivity index (χ2v) is 5.97. The van der Waals surface area contributed by atoms with Crippen molar-refractivity contribution in [2.75, 3.05) is 5.75 Å². The van der Waals surface area contributed by atoms with E-state index in [1.54, 1.807) is 0 Å². The Morgan fingerprint density at radius 1 is 0.947 bits per heavy atom. The van der Waals surface area contributed by atoms with Crippen LogP contribution < -0.4 is 0 Å². The molecule has 0 aliphatic rings. The Labute approximate surface area is 118 Å². The van der Waals surface area contributed by atoms with E-state index in [4.69, 9.17) is 0 Å². The summed E-state index contributed by atoms with van der Waals surface area (Å²) in [4.78, 5) is 0. The SMILES string of the molecule is CC(C)(CCc1ccc(CCCS)cc1)C(F)(F)F. The summed E-state index contributed by atoms with van der Waals surface area (Å²) < 4.78 is 38.2. The number of alkyl halides is 3. The Hall–Kier alpha value is -0.640. The molecule has 19 heavy (non-hydrogen) atoms. The van der Waals surface area contributed by atoms with Crippen molar-refractivity contribution in [3.05, 3.63) is 35.4 Å². The molecule has 0 spiro atoms. The number of halogens is 3. The fourth-order valence-corrected chi connectivity index (χ4v) is 1.91. The number of aryl methyl sites for hydroxylation is 2. The average molecular weight is 290 g/mol. The highest BCUT2D eigenvalue weighted by Crippen LogP contribution is 2.40. The summed E-state index contributed by atoms with van der Waals surface area (Å²) in [6.07, 6.45) is -1.58. The maximum Gasteiger partial charge on any atom is 0.393 e. The van der Waals surface area contributed by atoms with Crippen molar-refractivity contribution < 1.29 is 13.2 Å². The van der Waals surface area contributed by atoms with Gasteiger partial charge in [-0.05, 0) is 42.6 Å². The van der Waals surface area contributed by atoms with Crippen molar-refractivity contribution >= 4 is 12.6 Å². The van der Waals surface area contributed by atoms with E-state index >= 15 is 0 Å². The maximum absolute atomic E-state index is 12.7. The standard InChI is InChI=1S/C15H21F3S/c1-14(2,15(16,17)18)10-9-13-7-5-12(6-8-13)4-3-11-19/h5-8,19H,3-4,9-11H2,1-2H3. The zero-order valence-electron chi connectivity index (χ0n) is 11.4. The molecular formula is C15H21F3S. The van der Waals surface area contributed by atoms with E-state index < -0.39 is 11.6 Å². The molecule has 0 N–H and O–H groups in total. The van der Waals surface area contributed by atoms with Gasteiger partial charge in [0, 0.05) is 0 Å². The molecule has 4 heteroatoms. The molecule has 0 radical (unpaired) electrons. The van der Waals surface area contributed by atoms with Gasteiger partial charge in [-0.15, -0.1) is 0 Å². The number of rotatable bonds is 6. The molecule has 0 heterocycles. The van der Waals surface area contributed by atoms with Gasteiger partial charge in [0.25, 0.3) is 0 Å². The van der Waals surface area contributed by atoms with Crippen LogP contribution >= 0.6 is 12.6 Å². The Bertz CT molecular complexity index is 379. The minimum Gasteiger partial charge on any atom is -0.179 e. The third-order valence-electron chi connectivity index (χ3n) is 3.45. The molecule has 1 aromatic carbocycles. The van der Waals surface area contributed by atoms with Crippen LogP contribution in [0.5, 0.6) is 0 Å². The fraction of sp³-hybridized carbons (Fsp3) is 0.600. The first-order chi connectivity index (χ1) is 8.76. The quantitative estimate of drug-likeness (QED) is 0.695. The number of benzene rings is 1. The van der Waals surface area contributed by atoms with Gasteiger partial charge in [0.05, 0.1) is 5.41 Å². The van der Waals surface area contributed by atoms with E-state index in [2.05, 4.69) is 12.6 Å². The number of hydrogen-bond donors (Lipinski definition) is 1. The first-order valence-electron chi connectivity index (χ1n) is 6.52. The van der Waals surface area contributed by atoms with Crippen LogP contribution in [0.25, 0.3) is 0 Å². The molecule has 0 aliphatic carbocycles. The predicted octanol–water partition coefficient (Wildman–Crippen LogP) is 5.07. The van der Waals surface area contributed by atoms with Crippen LogP contribution in [0.3, 0.4) is 0 Å². The summed E-state index contributed by atoms with van der Waals surface area (Å²) in [5, 5.41) is 0. The van der Waals surface area contributed by atoms with Gasteiger partial charge >= 0.3 is 6.18 Å². The van der Waals surface area contributed by atoms with Crippen molar-refractivity contribution in [3.63, 3.8) is 0 Å². The first kappa shape index (κ1) is 16.4. The van der Waals surface area contributed by atoms with E-state index in [-0.39, 0.29) is 6.42 Å². The molecule has 1 rings (SSSR count). The Morgan fingerprint density at radius 2 is 1.42 bits per heavy atom. The van der Waals surface area contributed by atoms with Crippen LogP contribution in [0.1, 0.15) is 37.8 Å². The normalized spacial score (nSPS) is 12.7. The van der Waals surface area contributed by atoms with Gasteiger partial charge in [-0.3, -0.25) is 0 Å². The van der Waals surface area contributed by atoms with Gasteiger partial charge in [-0.25, -0.2) is 0 Å². The molecule has 0 amide bonds. The zero-order valence-corrected chi connectivity index (χ0v) is 12.3. The average Bonchev–Trinajstić information content (AvgIpc) is 2.34. The Balaban J connectivity index is 2.55. The highest BCUT2D eigenvalue weighted by Gasteiger charge is 2.46. The third-order valence-corrected chi connectivity index (χ3v) is 3.77. The molecule has 0 fully saturated rings. The molecule has 0 aromatic heterocycles. The van der Waals surface area contributed by atoms with Crippen molar-refractivity contribution in [1.29, 1.82) is 0 Å². The molecule has 0 aliphatic heterocycles. The van der Waals surface area contributed by atoms with E-state index in [0.717, 1.165) is 24.2 Å². The smallest absolute Gasteiger partial charge is 0.179 e. The maximum atomic E-state index is 12.7. The molecular weight excluding hydrogens is 269 g/mol. The van der Waals surface area contributed by atoms with Crippen LogP contribution in [-0.2, 0) is 12.8 Å². The topological polar surface area (TPSA) is 0 Å². The van der Waals surface area contributed by atoms with E-state index in [9.17, 15) is 13.2 Å². The second-order valence-electron chi connectivity index (χ2n) is 5.53.